The standard InChI is InChI=1S/4CH4.H2O4S.O2S.4H2O.2O.2Pb/c;;;;1-5(2,3)4;1-3-2;;;;;;;;/h4*1H4;(H2,1,2,3,4);;4*1H2;;;;/p+2. The van der Waals surface area contributed by atoms with E-state index in [9.17, 15) is 0 Å². The van der Waals surface area contributed by atoms with Crippen molar-refractivity contribution in [1.29, 1.82) is 0 Å². The second kappa shape index (κ2) is 59.7. The van der Waals surface area contributed by atoms with Crippen LogP contribution in [0, 0.1) is 0 Å². The van der Waals surface area contributed by atoms with E-state index in [1.54, 1.807) is 0 Å². The number of hydrogen-bond acceptors (Lipinski definition) is 8. The molecule has 0 aliphatic carbocycles. The van der Waals surface area contributed by atoms with Gasteiger partial charge in [0.25, 0.3) is 0 Å². The molecule has 0 aromatic carbocycles. The summed E-state index contributed by atoms with van der Waals surface area (Å²) in [7, 11) is -5.17. The van der Waals surface area contributed by atoms with E-state index in [0.717, 1.165) is 0 Å². The van der Waals surface area contributed by atoms with Gasteiger partial charge in [0, 0.05) is 10.4 Å². The molecule has 0 fully saturated rings. The zero-order valence-electron chi connectivity index (χ0n) is 11.1. The first kappa shape index (κ1) is 84.1. The number of hydrogen-bond donors (Lipinski definition) is 0. The summed E-state index contributed by atoms with van der Waals surface area (Å²) in [6.45, 7) is -1.72. The van der Waals surface area contributed by atoms with Crippen molar-refractivity contribution in [2.45, 2.75) is 29.7 Å². The molecule has 8 N–H and O–H groups in total. The van der Waals surface area contributed by atoms with Gasteiger partial charge in [0.1, 0.15) is 0 Å². The van der Waals surface area contributed by atoms with Crippen molar-refractivity contribution in [3.63, 3.8) is 0 Å². The maximum absolute atomic E-state index is 9.06. The van der Waals surface area contributed by atoms with Crippen LogP contribution in [0.1, 0.15) is 35.4 Å². The summed E-state index contributed by atoms with van der Waals surface area (Å²) in [6.07, 6.45) is 0. The van der Waals surface area contributed by atoms with Gasteiger partial charge in [-0.3, -0.25) is 8.42 Å². The van der Waals surface area contributed by atoms with Gasteiger partial charge in [-0.05, 0) is 0 Å². The van der Waals surface area contributed by atoms with E-state index in [4.69, 9.17) is 31.3 Å². The first-order valence-electron chi connectivity index (χ1n) is 1.61. The Morgan fingerprint density at radius 3 is 0.850 bits per heavy atom. The molecule has 0 amide bonds. The Labute approximate surface area is 152 Å². The molecule has 0 aliphatic rings. The molecule has 0 rings (SSSR count). The minimum atomic E-state index is -5.17. The normalized spacial score (nSPS) is 4.50. The van der Waals surface area contributed by atoms with Crippen LogP contribution in [0.15, 0.2) is 0 Å². The molecule has 0 unspecified atom stereocenters. The zero-order chi connectivity index (χ0) is 10.8. The summed E-state index contributed by atoms with van der Waals surface area (Å²) >= 11 is -2.15. The minimum absolute atomic E-state index is 0. The Balaban J connectivity index is -0.00000000316. The Morgan fingerprint density at radius 2 is 0.850 bits per heavy atom. The molecule has 0 bridgehead atoms. The van der Waals surface area contributed by atoms with E-state index < -0.39 is 41.4 Å². The third-order valence-corrected chi connectivity index (χ3v) is 0. The summed E-state index contributed by atoms with van der Waals surface area (Å²) < 4.78 is 69.3. The SMILES string of the molecule is C.C.C.C.O.O.O.O.O=S(=O)([O-])[O-].O=[S](=O)=[Pb].[H+].[H+].[H+].[H+].[O]=[Pb]=[O]. The summed E-state index contributed by atoms with van der Waals surface area (Å²) in [5.74, 6) is 0. The van der Waals surface area contributed by atoms with Gasteiger partial charge in [-0.15, -0.1) is 0 Å². The average Bonchev–Trinajstić information content (AvgIpc) is 1.56. The second-order valence-corrected chi connectivity index (χ2v) is 6.55. The van der Waals surface area contributed by atoms with E-state index in [-0.39, 0.29) is 81.0 Å². The molecule has 134 valence electrons. The fraction of sp³-hybridized carbons (Fsp3) is 1.00. The van der Waals surface area contributed by atoms with Crippen LogP contribution in [0.4, 0.5) is 0 Å². The van der Waals surface area contributed by atoms with Gasteiger partial charge in [-0.1, -0.05) is 29.7 Å². The number of rotatable bonds is 0. The molecule has 2 radical (unpaired) electrons. The Morgan fingerprint density at radius 1 is 0.850 bits per heavy atom. The quantitative estimate of drug-likeness (QED) is 0.137. The van der Waals surface area contributed by atoms with E-state index in [2.05, 4.69) is 0 Å². The van der Waals surface area contributed by atoms with Crippen LogP contribution >= 0.6 is 0 Å². The molecule has 0 spiro atoms. The molecule has 0 saturated carbocycles. The van der Waals surface area contributed by atoms with Gasteiger partial charge < -0.3 is 31.0 Å². The van der Waals surface area contributed by atoms with Crippen molar-refractivity contribution in [2.75, 3.05) is 0 Å². The Hall–Kier alpha value is 0.974. The van der Waals surface area contributed by atoms with E-state index in [0.29, 0.717) is 0 Å². The van der Waals surface area contributed by atoms with Crippen molar-refractivity contribution < 1.29 is 58.9 Å². The molecule has 0 atom stereocenters. The van der Waals surface area contributed by atoms with Crippen LogP contribution in [0.25, 0.3) is 0 Å². The third kappa shape index (κ3) is 6460. The maximum atomic E-state index is 9.06. The predicted octanol–water partition coefficient (Wildman–Crippen LogP) is -3.31. The molecule has 0 aromatic rings. The van der Waals surface area contributed by atoms with Crippen molar-refractivity contribution in [3.8, 4) is 0 Å². The second-order valence-electron chi connectivity index (χ2n) is 0.726. The Kier molecular flexibility index (Phi) is 251. The fourth-order valence-corrected chi connectivity index (χ4v) is 0. The van der Waals surface area contributed by atoms with Crippen LogP contribution < -0.4 is 0 Å². The molecule has 0 saturated heterocycles. The molecule has 0 aromatic heterocycles. The van der Waals surface area contributed by atoms with Crippen LogP contribution in [-0.2, 0) is 22.5 Å². The van der Waals surface area contributed by atoms with Gasteiger partial charge in [0.15, 0.2) is 0 Å². The van der Waals surface area contributed by atoms with Gasteiger partial charge in [-0.2, -0.15) is 0 Å². The van der Waals surface area contributed by atoms with Gasteiger partial charge in [0.2, 0.25) is 0 Å². The molecule has 0 heterocycles. The van der Waals surface area contributed by atoms with E-state index in [1.807, 2.05) is 0 Å². The first-order valence-corrected chi connectivity index (χ1v) is 12.0. The first-order chi connectivity index (χ1) is 5.15. The summed E-state index contributed by atoms with van der Waals surface area (Å²) in [4.78, 5) is 0. The van der Waals surface area contributed by atoms with Crippen LogP contribution in [-0.4, -0.2) is 95.8 Å². The van der Waals surface area contributed by atoms with Crippen molar-refractivity contribution in [3.05, 3.63) is 0 Å². The fourth-order valence-electron chi connectivity index (χ4n) is 0. The van der Waals surface area contributed by atoms with Crippen LogP contribution in [0.5, 0.6) is 0 Å². The van der Waals surface area contributed by atoms with Crippen LogP contribution in [0.3, 0.4) is 0 Å². The Bertz CT molecular complexity index is 327. The summed E-state index contributed by atoms with van der Waals surface area (Å²) in [6, 6.07) is 0. The van der Waals surface area contributed by atoms with Crippen molar-refractivity contribution >= 4 is 65.1 Å². The van der Waals surface area contributed by atoms with Gasteiger partial charge in [0.05, 0.1) is 0 Å². The summed E-state index contributed by atoms with van der Waals surface area (Å²) in [5.41, 5.74) is 0. The monoisotopic (exact) mass is 748 g/mol. The van der Waals surface area contributed by atoms with Gasteiger partial charge in [-0.25, -0.2) is 0 Å². The van der Waals surface area contributed by atoms with Crippen LogP contribution in [0.2, 0.25) is 0 Å². The molecular formula is C4H28O12Pb2S2+2. The molecular weight excluding hydrogens is 719 g/mol. The summed E-state index contributed by atoms with van der Waals surface area (Å²) in [5, 5.41) is 0. The van der Waals surface area contributed by atoms with Crippen molar-refractivity contribution in [2.24, 2.45) is 0 Å². The molecule has 16 heteroatoms. The molecule has 12 nitrogen and oxygen atoms in total. The van der Waals surface area contributed by atoms with E-state index >= 15 is 0 Å². The molecule has 20 heavy (non-hydrogen) atoms. The van der Waals surface area contributed by atoms with E-state index in [1.165, 1.54) is 0 Å². The van der Waals surface area contributed by atoms with Gasteiger partial charge >= 0.3 is 74.2 Å². The van der Waals surface area contributed by atoms with Crippen molar-refractivity contribution in [1.82, 2.24) is 0 Å². The topological polar surface area (TPSA) is 275 Å². The zero-order valence-corrected chi connectivity index (χ0v) is 16.5. The predicted molar refractivity (Wildman–Crippen MR) is 78.1 cm³/mol. The average molecular weight is 747 g/mol. The molecule has 0 aliphatic heterocycles. The third-order valence-electron chi connectivity index (χ3n) is 0.